The summed E-state index contributed by atoms with van der Waals surface area (Å²) in [6.07, 6.45) is 3.18. The van der Waals surface area contributed by atoms with Crippen LogP contribution in [0.15, 0.2) is 12.2 Å². The van der Waals surface area contributed by atoms with Gasteiger partial charge in [-0.05, 0) is 50.4 Å². The van der Waals surface area contributed by atoms with Crippen LogP contribution in [-0.2, 0) is 24.4 Å². The van der Waals surface area contributed by atoms with Gasteiger partial charge < -0.3 is 25.7 Å². The summed E-state index contributed by atoms with van der Waals surface area (Å²) in [6, 6.07) is -2.36. The highest BCUT2D eigenvalue weighted by atomic mass is 32.2. The van der Waals surface area contributed by atoms with E-state index in [0.717, 1.165) is 4.90 Å². The Labute approximate surface area is 226 Å². The molecule has 1 unspecified atom stereocenters. The van der Waals surface area contributed by atoms with Crippen molar-refractivity contribution in [2.24, 2.45) is 17.8 Å². The van der Waals surface area contributed by atoms with Gasteiger partial charge in [0.25, 0.3) is 5.91 Å². The van der Waals surface area contributed by atoms with Crippen molar-refractivity contribution >= 4 is 33.8 Å². The molecule has 3 fully saturated rings. The number of carbonyl (C=O) groups excluding carboxylic acids is 3. The smallest absolute Gasteiger partial charge is 0.405 e. The molecule has 2 aliphatic heterocycles. The van der Waals surface area contributed by atoms with Gasteiger partial charge in [-0.2, -0.15) is 0 Å². The number of amides is 4. The van der Waals surface area contributed by atoms with Crippen molar-refractivity contribution in [2.75, 3.05) is 13.2 Å². The maximum atomic E-state index is 13.6. The van der Waals surface area contributed by atoms with E-state index in [1.807, 2.05) is 17.7 Å². The SMILES string of the molecule is CC1CCC=C[C@@H]2C[C@@]2(C(=O)NS(=O)(=O)C2(CF)CC2)NC(=O)[C@@H]2C[C@@H](O)CN2C(=O)[C@@H](NC(=O)O)[C@H](C)C1. The Kier molecular flexibility index (Phi) is 8.01. The quantitative estimate of drug-likeness (QED) is 0.294. The Bertz CT molecular complexity index is 1160. The van der Waals surface area contributed by atoms with E-state index in [0.29, 0.717) is 19.3 Å². The van der Waals surface area contributed by atoms with Gasteiger partial charge in [0.05, 0.1) is 6.10 Å². The number of rotatable bonds is 5. The Hall–Kier alpha value is -2.74. The highest BCUT2D eigenvalue weighted by Crippen LogP contribution is 2.47. The zero-order chi connectivity index (χ0) is 28.8. The number of carboxylic acid groups (broad SMARTS) is 1. The van der Waals surface area contributed by atoms with Crippen LogP contribution < -0.4 is 15.4 Å². The summed E-state index contributed by atoms with van der Waals surface area (Å²) in [5.74, 6) is -3.20. The zero-order valence-corrected chi connectivity index (χ0v) is 22.9. The largest absolute Gasteiger partial charge is 0.465 e. The van der Waals surface area contributed by atoms with Crippen molar-refractivity contribution in [1.82, 2.24) is 20.3 Å². The molecule has 2 heterocycles. The summed E-state index contributed by atoms with van der Waals surface area (Å²) in [4.78, 5) is 53.0. The number of allylic oxidation sites excluding steroid dienone is 1. The topological polar surface area (TPSA) is 182 Å². The van der Waals surface area contributed by atoms with E-state index in [4.69, 9.17) is 0 Å². The van der Waals surface area contributed by atoms with Crippen molar-refractivity contribution < 1.29 is 42.2 Å². The van der Waals surface area contributed by atoms with Gasteiger partial charge in [0.15, 0.2) is 0 Å². The summed E-state index contributed by atoms with van der Waals surface area (Å²) in [5.41, 5.74) is -1.62. The fraction of sp³-hybridized carbons (Fsp3) is 0.760. The second kappa shape index (κ2) is 10.7. The minimum absolute atomic E-state index is 0.0913. The third-order valence-electron chi connectivity index (χ3n) is 8.56. The molecule has 4 rings (SSSR count). The van der Waals surface area contributed by atoms with Crippen LogP contribution in [0.4, 0.5) is 9.18 Å². The molecule has 2 saturated carbocycles. The summed E-state index contributed by atoms with van der Waals surface area (Å²) in [7, 11) is -4.33. The minimum Gasteiger partial charge on any atom is -0.465 e. The molecule has 2 aliphatic carbocycles. The number of aliphatic hydroxyl groups is 1. The van der Waals surface area contributed by atoms with Crippen LogP contribution in [0.3, 0.4) is 0 Å². The molecule has 0 aromatic heterocycles. The molecule has 1 saturated heterocycles. The summed E-state index contributed by atoms with van der Waals surface area (Å²) >= 11 is 0. The molecular formula is C25H37FN4O8S. The summed E-state index contributed by atoms with van der Waals surface area (Å²) in [6.45, 7) is 2.41. The fourth-order valence-electron chi connectivity index (χ4n) is 5.81. The molecule has 7 atom stereocenters. The maximum Gasteiger partial charge on any atom is 0.405 e. The van der Waals surface area contributed by atoms with Crippen molar-refractivity contribution in [1.29, 1.82) is 0 Å². The summed E-state index contributed by atoms with van der Waals surface area (Å²) < 4.78 is 39.3. The molecule has 0 spiro atoms. The first-order valence-corrected chi connectivity index (χ1v) is 14.8. The third-order valence-corrected chi connectivity index (χ3v) is 10.7. The molecule has 14 heteroatoms. The van der Waals surface area contributed by atoms with Gasteiger partial charge in [-0.3, -0.25) is 19.1 Å². The first kappa shape index (κ1) is 29.2. The van der Waals surface area contributed by atoms with Crippen molar-refractivity contribution in [3.05, 3.63) is 12.2 Å². The van der Waals surface area contributed by atoms with Gasteiger partial charge in [0.1, 0.15) is 29.0 Å². The number of alkyl halides is 1. The average Bonchev–Trinajstić information content (AvgIpc) is 3.75. The van der Waals surface area contributed by atoms with Gasteiger partial charge in [-0.25, -0.2) is 17.6 Å². The predicted octanol–water partition coefficient (Wildman–Crippen LogP) is 0.420. The zero-order valence-electron chi connectivity index (χ0n) is 22.1. The number of halogens is 1. The molecular weight excluding hydrogens is 535 g/mol. The standard InChI is InChI=1S/C25H37FN4O8S/c1-14-5-3-4-6-16-11-25(16,22(34)29-39(37,38)24(13-26)7-8-24)28-20(32)18-10-17(31)12-30(18)21(33)19(15(2)9-14)27-23(35)36/h4,6,14-19,27,31H,3,5,7-13H2,1-2H3,(H,28,32)(H,29,34)(H,35,36)/t14?,15-,16-,17-,18+,19+,25-/m1/s1. The van der Waals surface area contributed by atoms with E-state index in [1.165, 1.54) is 0 Å². The van der Waals surface area contributed by atoms with Crippen LogP contribution in [0, 0.1) is 17.8 Å². The predicted molar refractivity (Wildman–Crippen MR) is 136 cm³/mol. The molecule has 0 aromatic rings. The number of hydrogen-bond acceptors (Lipinski definition) is 7. The molecule has 12 nitrogen and oxygen atoms in total. The first-order chi connectivity index (χ1) is 18.2. The van der Waals surface area contributed by atoms with Crippen LogP contribution in [0.1, 0.15) is 58.8 Å². The van der Waals surface area contributed by atoms with E-state index < -0.39 is 80.8 Å². The Morgan fingerprint density at radius 2 is 1.92 bits per heavy atom. The van der Waals surface area contributed by atoms with Crippen LogP contribution in [0.25, 0.3) is 0 Å². The van der Waals surface area contributed by atoms with E-state index in [2.05, 4.69) is 10.6 Å². The van der Waals surface area contributed by atoms with E-state index in [9.17, 15) is 42.2 Å². The van der Waals surface area contributed by atoms with E-state index in [-0.39, 0.29) is 38.1 Å². The van der Waals surface area contributed by atoms with Crippen LogP contribution in [0.2, 0.25) is 0 Å². The molecule has 0 bridgehead atoms. The lowest BCUT2D eigenvalue weighted by atomic mass is 9.88. The maximum absolute atomic E-state index is 13.6. The lowest BCUT2D eigenvalue weighted by molar-refractivity contribution is -0.142. The summed E-state index contributed by atoms with van der Waals surface area (Å²) in [5, 5.41) is 24.6. The van der Waals surface area contributed by atoms with Gasteiger partial charge in [-0.1, -0.05) is 26.0 Å². The Morgan fingerprint density at radius 1 is 1.23 bits per heavy atom. The van der Waals surface area contributed by atoms with E-state index in [1.54, 1.807) is 13.0 Å². The molecule has 0 radical (unpaired) electrons. The molecule has 4 aliphatic rings. The van der Waals surface area contributed by atoms with Crippen LogP contribution >= 0.6 is 0 Å². The van der Waals surface area contributed by atoms with Gasteiger partial charge >= 0.3 is 6.09 Å². The number of nitrogens with one attached hydrogen (secondary N) is 3. The van der Waals surface area contributed by atoms with Crippen LogP contribution in [0.5, 0.6) is 0 Å². The normalized spacial score (nSPS) is 36.5. The number of fused-ring (bicyclic) bond motifs is 2. The molecule has 218 valence electrons. The number of sulfonamides is 1. The van der Waals surface area contributed by atoms with Crippen molar-refractivity contribution in [2.45, 2.75) is 87.3 Å². The average molecular weight is 573 g/mol. The number of hydrogen-bond donors (Lipinski definition) is 5. The molecule has 5 N–H and O–H groups in total. The second-order valence-corrected chi connectivity index (χ2v) is 13.7. The first-order valence-electron chi connectivity index (χ1n) is 13.3. The molecule has 39 heavy (non-hydrogen) atoms. The monoisotopic (exact) mass is 572 g/mol. The lowest BCUT2D eigenvalue weighted by Crippen LogP contribution is -2.59. The Morgan fingerprint density at radius 3 is 2.54 bits per heavy atom. The highest BCUT2D eigenvalue weighted by molar-refractivity contribution is 7.91. The van der Waals surface area contributed by atoms with Crippen molar-refractivity contribution in [3.63, 3.8) is 0 Å². The lowest BCUT2D eigenvalue weighted by Gasteiger charge is -2.32. The van der Waals surface area contributed by atoms with Gasteiger partial charge in [0.2, 0.25) is 21.8 Å². The fourth-order valence-corrected chi connectivity index (χ4v) is 7.24. The minimum atomic E-state index is -4.33. The Balaban J connectivity index is 1.64. The molecule has 4 amide bonds. The molecule has 0 aromatic carbocycles. The highest BCUT2D eigenvalue weighted by Gasteiger charge is 2.64. The number of nitrogens with zero attached hydrogens (tertiary/aromatic N) is 1. The second-order valence-electron chi connectivity index (χ2n) is 11.7. The number of aliphatic hydroxyl groups excluding tert-OH is 1. The number of carbonyl (C=O) groups is 4. The van der Waals surface area contributed by atoms with E-state index >= 15 is 0 Å². The van der Waals surface area contributed by atoms with Crippen molar-refractivity contribution in [3.8, 4) is 0 Å². The van der Waals surface area contributed by atoms with Gasteiger partial charge in [-0.15, -0.1) is 0 Å². The van der Waals surface area contributed by atoms with Crippen LogP contribution in [-0.4, -0.2) is 89.0 Å². The van der Waals surface area contributed by atoms with Gasteiger partial charge in [0, 0.05) is 18.9 Å². The third kappa shape index (κ3) is 5.76.